The first kappa shape index (κ1) is 14.4. The number of rotatable bonds is 4. The van der Waals surface area contributed by atoms with Crippen LogP contribution >= 0.6 is 12.2 Å². The molecule has 1 aromatic rings. The Morgan fingerprint density at radius 1 is 1.53 bits per heavy atom. The zero-order chi connectivity index (χ0) is 14.0. The van der Waals surface area contributed by atoms with E-state index in [9.17, 15) is 8.42 Å². The van der Waals surface area contributed by atoms with Crippen molar-refractivity contribution in [1.29, 1.82) is 0 Å². The molecular formula is C11H18N4O2S2. The average Bonchev–Trinajstić information content (AvgIpc) is 2.88. The summed E-state index contributed by atoms with van der Waals surface area (Å²) < 4.78 is 28.0. The Morgan fingerprint density at radius 2 is 2.16 bits per heavy atom. The van der Waals surface area contributed by atoms with Gasteiger partial charge in [0, 0.05) is 31.7 Å². The third-order valence-electron chi connectivity index (χ3n) is 3.44. The van der Waals surface area contributed by atoms with Crippen molar-refractivity contribution in [3.63, 3.8) is 0 Å². The first-order chi connectivity index (χ1) is 8.95. The highest BCUT2D eigenvalue weighted by atomic mass is 32.2. The minimum Gasteiger partial charge on any atom is -0.393 e. The van der Waals surface area contributed by atoms with Crippen molar-refractivity contribution >= 4 is 27.2 Å². The minimum atomic E-state index is -3.48. The van der Waals surface area contributed by atoms with Crippen LogP contribution in [-0.4, -0.2) is 40.4 Å². The van der Waals surface area contributed by atoms with Gasteiger partial charge in [0.05, 0.1) is 11.3 Å². The summed E-state index contributed by atoms with van der Waals surface area (Å²) in [5, 5.41) is 0.114. The van der Waals surface area contributed by atoms with Crippen LogP contribution in [0, 0.1) is 5.92 Å². The Hall–Kier alpha value is -0.990. The van der Waals surface area contributed by atoms with E-state index in [0.29, 0.717) is 37.5 Å². The maximum atomic E-state index is 12.4. The molecule has 1 saturated heterocycles. The lowest BCUT2D eigenvalue weighted by Gasteiger charge is -2.29. The average molecular weight is 302 g/mol. The van der Waals surface area contributed by atoms with Crippen LogP contribution in [0.5, 0.6) is 0 Å². The van der Waals surface area contributed by atoms with E-state index in [1.54, 1.807) is 10.8 Å². The van der Waals surface area contributed by atoms with E-state index < -0.39 is 10.0 Å². The molecule has 0 atom stereocenters. The Balaban J connectivity index is 2.11. The zero-order valence-corrected chi connectivity index (χ0v) is 12.5. The second-order valence-electron chi connectivity index (χ2n) is 4.62. The van der Waals surface area contributed by atoms with Crippen LogP contribution in [0.4, 0.5) is 0 Å². The zero-order valence-electron chi connectivity index (χ0n) is 10.8. The van der Waals surface area contributed by atoms with Crippen molar-refractivity contribution < 1.29 is 8.42 Å². The quantitative estimate of drug-likeness (QED) is 0.823. The standard InChI is InChI=1S/C11H18N4O2S2/c1-2-14-7-10(13-8-14)19(16,17)15-5-3-9(4-6-15)11(12)18/h7-9H,2-6H2,1H3,(H2,12,18). The van der Waals surface area contributed by atoms with E-state index in [0.717, 1.165) is 0 Å². The molecule has 0 unspecified atom stereocenters. The number of nitrogens with zero attached hydrogens (tertiary/aromatic N) is 3. The first-order valence-electron chi connectivity index (χ1n) is 6.26. The smallest absolute Gasteiger partial charge is 0.262 e. The number of hydrogen-bond acceptors (Lipinski definition) is 4. The lowest BCUT2D eigenvalue weighted by atomic mass is 9.98. The minimum absolute atomic E-state index is 0.114. The van der Waals surface area contributed by atoms with Gasteiger partial charge in [-0.1, -0.05) is 12.2 Å². The number of sulfonamides is 1. The highest BCUT2D eigenvalue weighted by Gasteiger charge is 2.31. The molecule has 2 rings (SSSR count). The van der Waals surface area contributed by atoms with E-state index in [4.69, 9.17) is 18.0 Å². The second kappa shape index (κ2) is 5.56. The Bertz CT molecular complexity index is 559. The van der Waals surface area contributed by atoms with Crippen LogP contribution in [0.3, 0.4) is 0 Å². The van der Waals surface area contributed by atoms with Gasteiger partial charge >= 0.3 is 0 Å². The van der Waals surface area contributed by atoms with Crippen molar-refractivity contribution in [1.82, 2.24) is 13.9 Å². The molecule has 0 spiro atoms. The molecule has 1 aliphatic heterocycles. The summed E-state index contributed by atoms with van der Waals surface area (Å²) in [5.41, 5.74) is 5.60. The van der Waals surface area contributed by atoms with Crippen molar-refractivity contribution in [2.75, 3.05) is 13.1 Å². The van der Waals surface area contributed by atoms with Crippen molar-refractivity contribution in [2.45, 2.75) is 31.3 Å². The van der Waals surface area contributed by atoms with Gasteiger partial charge in [0.1, 0.15) is 0 Å². The molecular weight excluding hydrogens is 284 g/mol. The highest BCUT2D eigenvalue weighted by molar-refractivity contribution is 7.89. The molecule has 0 amide bonds. The van der Waals surface area contributed by atoms with Crippen LogP contribution in [0.25, 0.3) is 0 Å². The van der Waals surface area contributed by atoms with E-state index in [1.165, 1.54) is 10.6 Å². The highest BCUT2D eigenvalue weighted by Crippen LogP contribution is 2.23. The Morgan fingerprint density at radius 3 is 2.63 bits per heavy atom. The predicted octanol–water partition coefficient (Wildman–Crippen LogP) is 0.590. The molecule has 1 aromatic heterocycles. The van der Waals surface area contributed by atoms with Gasteiger partial charge in [-0.2, -0.15) is 4.31 Å². The maximum Gasteiger partial charge on any atom is 0.262 e. The molecule has 19 heavy (non-hydrogen) atoms. The number of piperidine rings is 1. The molecule has 1 fully saturated rings. The molecule has 0 bridgehead atoms. The topological polar surface area (TPSA) is 81.2 Å². The molecule has 2 heterocycles. The van der Waals surface area contributed by atoms with Gasteiger partial charge in [-0.15, -0.1) is 0 Å². The largest absolute Gasteiger partial charge is 0.393 e. The summed E-state index contributed by atoms with van der Waals surface area (Å²) in [6.07, 6.45) is 4.47. The maximum absolute atomic E-state index is 12.4. The van der Waals surface area contributed by atoms with E-state index in [2.05, 4.69) is 4.98 Å². The first-order valence-corrected chi connectivity index (χ1v) is 8.11. The van der Waals surface area contributed by atoms with Crippen LogP contribution in [0.15, 0.2) is 17.6 Å². The van der Waals surface area contributed by atoms with Gasteiger partial charge in [-0.3, -0.25) is 0 Å². The Labute approximate surface area is 118 Å². The molecule has 0 saturated carbocycles. The van der Waals surface area contributed by atoms with E-state index in [-0.39, 0.29) is 10.9 Å². The summed E-state index contributed by atoms with van der Waals surface area (Å²) in [5.74, 6) is 0.148. The number of aromatic nitrogens is 2. The van der Waals surface area contributed by atoms with Crippen molar-refractivity contribution in [3.05, 3.63) is 12.5 Å². The van der Waals surface area contributed by atoms with Gasteiger partial charge < -0.3 is 10.3 Å². The van der Waals surface area contributed by atoms with Gasteiger partial charge in [0.2, 0.25) is 0 Å². The molecule has 2 N–H and O–H groups in total. The molecule has 1 aliphatic rings. The van der Waals surface area contributed by atoms with Gasteiger partial charge in [-0.05, 0) is 19.8 Å². The predicted molar refractivity (Wildman–Crippen MR) is 76.2 cm³/mol. The molecule has 0 aliphatic carbocycles. The van der Waals surface area contributed by atoms with Gasteiger partial charge in [0.15, 0.2) is 5.03 Å². The Kier molecular flexibility index (Phi) is 4.22. The lowest BCUT2D eigenvalue weighted by Crippen LogP contribution is -2.41. The van der Waals surface area contributed by atoms with Crippen LogP contribution in [0.1, 0.15) is 19.8 Å². The van der Waals surface area contributed by atoms with Crippen LogP contribution in [0.2, 0.25) is 0 Å². The summed E-state index contributed by atoms with van der Waals surface area (Å²) in [4.78, 5) is 4.45. The number of imidazole rings is 1. The fourth-order valence-corrected chi connectivity index (χ4v) is 3.80. The van der Waals surface area contributed by atoms with E-state index >= 15 is 0 Å². The molecule has 0 aromatic carbocycles. The SMILES string of the molecule is CCn1cnc(S(=O)(=O)N2CCC(C(N)=S)CC2)c1. The van der Waals surface area contributed by atoms with Crippen LogP contribution < -0.4 is 5.73 Å². The number of hydrogen-bond donors (Lipinski definition) is 1. The lowest BCUT2D eigenvalue weighted by molar-refractivity contribution is 0.316. The van der Waals surface area contributed by atoms with E-state index in [1.807, 2.05) is 6.92 Å². The molecule has 106 valence electrons. The van der Waals surface area contributed by atoms with Crippen molar-refractivity contribution in [3.8, 4) is 0 Å². The fourth-order valence-electron chi connectivity index (χ4n) is 2.16. The second-order valence-corrected chi connectivity index (χ2v) is 6.98. The number of nitrogens with two attached hydrogens (primary N) is 1. The number of thiocarbonyl (C=S) groups is 1. The van der Waals surface area contributed by atoms with Crippen molar-refractivity contribution in [2.24, 2.45) is 11.7 Å². The number of aryl methyl sites for hydroxylation is 1. The summed E-state index contributed by atoms with van der Waals surface area (Å²) in [6.45, 7) is 3.53. The summed E-state index contributed by atoms with van der Waals surface area (Å²) in [7, 11) is -3.48. The normalized spacial score (nSPS) is 18.6. The third kappa shape index (κ3) is 2.96. The fraction of sp³-hybridized carbons (Fsp3) is 0.636. The monoisotopic (exact) mass is 302 g/mol. The molecule has 0 radical (unpaired) electrons. The third-order valence-corrected chi connectivity index (χ3v) is 5.55. The molecule has 8 heteroatoms. The van der Waals surface area contributed by atoms with Gasteiger partial charge in [-0.25, -0.2) is 13.4 Å². The molecule has 6 nitrogen and oxygen atoms in total. The summed E-state index contributed by atoms with van der Waals surface area (Å²) in [6, 6.07) is 0. The van der Waals surface area contributed by atoms with Crippen LogP contribution in [-0.2, 0) is 16.6 Å². The van der Waals surface area contributed by atoms with Gasteiger partial charge in [0.25, 0.3) is 10.0 Å². The summed E-state index contributed by atoms with van der Waals surface area (Å²) >= 11 is 4.95.